The van der Waals surface area contributed by atoms with Crippen LogP contribution in [0.15, 0.2) is 29.3 Å². The Morgan fingerprint density at radius 3 is 2.31 bits per heavy atom. The van der Waals surface area contributed by atoms with Crippen LogP contribution in [0.1, 0.15) is 25.8 Å². The first-order valence-corrected chi connectivity index (χ1v) is 9.05. The number of rotatable bonds is 6. The first kappa shape index (κ1) is 22.5. The third-order valence-corrected chi connectivity index (χ3v) is 4.40. The van der Waals surface area contributed by atoms with Crippen molar-refractivity contribution in [3.8, 4) is 5.75 Å². The van der Waals surface area contributed by atoms with Gasteiger partial charge in [0, 0.05) is 46.2 Å². The monoisotopic (exact) mass is 474 g/mol. The summed E-state index contributed by atoms with van der Waals surface area (Å²) < 4.78 is 5.18. The van der Waals surface area contributed by atoms with Gasteiger partial charge in [0.2, 0.25) is 5.91 Å². The zero-order valence-corrected chi connectivity index (χ0v) is 18.4. The van der Waals surface area contributed by atoms with Gasteiger partial charge in [-0.15, -0.1) is 24.0 Å². The summed E-state index contributed by atoms with van der Waals surface area (Å²) in [6, 6.07) is 8.21. The van der Waals surface area contributed by atoms with Crippen LogP contribution in [0.4, 0.5) is 0 Å². The average molecular weight is 474 g/mol. The van der Waals surface area contributed by atoms with E-state index in [0.29, 0.717) is 0 Å². The number of guanidine groups is 1. The first-order chi connectivity index (χ1) is 12.1. The van der Waals surface area contributed by atoms with Crippen molar-refractivity contribution < 1.29 is 9.53 Å². The number of benzene rings is 1. The van der Waals surface area contributed by atoms with E-state index in [0.717, 1.165) is 63.8 Å². The molecule has 1 N–H and O–H groups in total. The number of nitrogens with one attached hydrogen (secondary N) is 1. The fraction of sp³-hybridized carbons (Fsp3) is 0.579. The predicted molar refractivity (Wildman–Crippen MR) is 117 cm³/mol. The van der Waals surface area contributed by atoms with Gasteiger partial charge < -0.3 is 19.9 Å². The molecule has 6 nitrogen and oxygen atoms in total. The molecule has 0 bridgehead atoms. The molecule has 1 aromatic rings. The summed E-state index contributed by atoms with van der Waals surface area (Å²) in [4.78, 5) is 20.3. The Hall–Kier alpha value is -1.51. The Balaban J connectivity index is 0.00000338. The molecule has 1 fully saturated rings. The lowest BCUT2D eigenvalue weighted by atomic mass is 10.1. The summed E-state index contributed by atoms with van der Waals surface area (Å²) in [5, 5.41) is 3.37. The molecule has 2 rings (SSSR count). The smallest absolute Gasteiger partial charge is 0.219 e. The van der Waals surface area contributed by atoms with E-state index in [2.05, 4.69) is 29.3 Å². The number of aryl methyl sites for hydroxylation is 1. The summed E-state index contributed by atoms with van der Waals surface area (Å²) in [6.07, 6.45) is 2.01. The fourth-order valence-corrected chi connectivity index (χ4v) is 2.92. The van der Waals surface area contributed by atoms with Crippen molar-refractivity contribution in [2.45, 2.75) is 26.7 Å². The second kappa shape index (κ2) is 12.0. The average Bonchev–Trinajstić information content (AvgIpc) is 2.65. The van der Waals surface area contributed by atoms with Crippen molar-refractivity contribution in [2.75, 3.05) is 46.4 Å². The number of nitrogens with zero attached hydrogens (tertiary/aromatic N) is 3. The molecule has 0 aliphatic carbocycles. The Kier molecular flexibility index (Phi) is 10.4. The van der Waals surface area contributed by atoms with Crippen LogP contribution < -0.4 is 10.1 Å². The minimum atomic E-state index is 0. The maximum absolute atomic E-state index is 11.4. The maximum Gasteiger partial charge on any atom is 0.219 e. The lowest BCUT2D eigenvalue weighted by Crippen LogP contribution is -2.53. The number of piperazine rings is 1. The zero-order valence-electron chi connectivity index (χ0n) is 16.0. The minimum absolute atomic E-state index is 0. The Morgan fingerprint density at radius 1 is 1.15 bits per heavy atom. The molecule has 26 heavy (non-hydrogen) atoms. The van der Waals surface area contributed by atoms with E-state index >= 15 is 0 Å². The summed E-state index contributed by atoms with van der Waals surface area (Å²) in [5.41, 5.74) is 1.30. The van der Waals surface area contributed by atoms with Crippen LogP contribution in [0.25, 0.3) is 0 Å². The van der Waals surface area contributed by atoms with E-state index < -0.39 is 0 Å². The van der Waals surface area contributed by atoms with Crippen molar-refractivity contribution >= 4 is 35.8 Å². The summed E-state index contributed by atoms with van der Waals surface area (Å²) >= 11 is 0. The molecule has 0 unspecified atom stereocenters. The Labute approximate surface area is 174 Å². The van der Waals surface area contributed by atoms with Crippen molar-refractivity contribution in [1.82, 2.24) is 15.1 Å². The highest BCUT2D eigenvalue weighted by molar-refractivity contribution is 14.0. The van der Waals surface area contributed by atoms with Gasteiger partial charge in [-0.05, 0) is 37.5 Å². The van der Waals surface area contributed by atoms with Crippen molar-refractivity contribution in [2.24, 2.45) is 4.99 Å². The number of carbonyl (C=O) groups is 1. The zero-order chi connectivity index (χ0) is 18.1. The van der Waals surface area contributed by atoms with E-state index in [9.17, 15) is 4.79 Å². The van der Waals surface area contributed by atoms with E-state index in [1.165, 1.54) is 5.56 Å². The summed E-state index contributed by atoms with van der Waals surface area (Å²) in [5.74, 6) is 2.00. The van der Waals surface area contributed by atoms with Crippen molar-refractivity contribution in [3.05, 3.63) is 29.8 Å². The normalized spacial score (nSPS) is 14.7. The number of carbonyl (C=O) groups excluding carboxylic acids is 1. The van der Waals surface area contributed by atoms with Gasteiger partial charge in [-0.1, -0.05) is 12.1 Å². The molecule has 0 atom stereocenters. The van der Waals surface area contributed by atoms with E-state index in [1.807, 2.05) is 17.0 Å². The number of hydrogen-bond donors (Lipinski definition) is 1. The largest absolute Gasteiger partial charge is 0.497 e. The number of methoxy groups -OCH3 is 1. The fourth-order valence-electron chi connectivity index (χ4n) is 2.92. The van der Waals surface area contributed by atoms with Gasteiger partial charge in [0.05, 0.1) is 7.11 Å². The molecule has 0 aromatic heterocycles. The molecule has 0 saturated carbocycles. The molecular formula is C19H31IN4O2. The van der Waals surface area contributed by atoms with Crippen LogP contribution in [0.5, 0.6) is 5.75 Å². The molecular weight excluding hydrogens is 443 g/mol. The Bertz CT molecular complexity index is 569. The number of halogens is 1. The van der Waals surface area contributed by atoms with Gasteiger partial charge >= 0.3 is 0 Å². The molecule has 0 spiro atoms. The number of aliphatic imine (C=N–C) groups is 1. The van der Waals surface area contributed by atoms with Gasteiger partial charge in [0.15, 0.2) is 5.96 Å². The van der Waals surface area contributed by atoms with Gasteiger partial charge in [-0.3, -0.25) is 9.79 Å². The van der Waals surface area contributed by atoms with Crippen LogP contribution >= 0.6 is 24.0 Å². The number of amides is 1. The highest BCUT2D eigenvalue weighted by Crippen LogP contribution is 2.12. The second-order valence-corrected chi connectivity index (χ2v) is 6.18. The third kappa shape index (κ3) is 7.01. The highest BCUT2D eigenvalue weighted by Gasteiger charge is 2.20. The minimum Gasteiger partial charge on any atom is -0.497 e. The molecule has 7 heteroatoms. The van der Waals surface area contributed by atoms with Crippen molar-refractivity contribution in [3.63, 3.8) is 0 Å². The second-order valence-electron chi connectivity index (χ2n) is 6.18. The standard InChI is InChI=1S/C19H30N4O2.HI/c1-4-20-19(23-14-12-22(13-15-23)16(2)24)21-11-5-6-17-7-9-18(25-3)10-8-17;/h7-10H,4-6,11-15H2,1-3H3,(H,20,21);1H. The molecule has 1 amide bonds. The lowest BCUT2D eigenvalue weighted by molar-refractivity contribution is -0.130. The third-order valence-electron chi connectivity index (χ3n) is 4.40. The summed E-state index contributed by atoms with van der Waals surface area (Å²) in [6.45, 7) is 8.57. The molecule has 1 heterocycles. The van der Waals surface area contributed by atoms with Crippen LogP contribution in [0.3, 0.4) is 0 Å². The quantitative estimate of drug-likeness (QED) is 0.298. The van der Waals surface area contributed by atoms with Gasteiger partial charge in [-0.25, -0.2) is 0 Å². The predicted octanol–water partition coefficient (Wildman–Crippen LogP) is 2.38. The van der Waals surface area contributed by atoms with Crippen LogP contribution in [-0.2, 0) is 11.2 Å². The van der Waals surface area contributed by atoms with Crippen LogP contribution in [-0.4, -0.2) is 68.0 Å². The maximum atomic E-state index is 11.4. The van der Waals surface area contributed by atoms with Gasteiger partial charge in [0.1, 0.15) is 5.75 Å². The molecule has 1 aliphatic heterocycles. The Morgan fingerprint density at radius 2 is 1.77 bits per heavy atom. The first-order valence-electron chi connectivity index (χ1n) is 9.05. The van der Waals surface area contributed by atoms with E-state index in [1.54, 1.807) is 14.0 Å². The van der Waals surface area contributed by atoms with Crippen molar-refractivity contribution in [1.29, 1.82) is 0 Å². The topological polar surface area (TPSA) is 57.2 Å². The lowest BCUT2D eigenvalue weighted by Gasteiger charge is -2.36. The van der Waals surface area contributed by atoms with Gasteiger partial charge in [-0.2, -0.15) is 0 Å². The summed E-state index contributed by atoms with van der Waals surface area (Å²) in [7, 11) is 1.68. The van der Waals surface area contributed by atoms with Crippen LogP contribution in [0, 0.1) is 0 Å². The molecule has 1 aromatic carbocycles. The highest BCUT2D eigenvalue weighted by atomic mass is 127. The molecule has 1 saturated heterocycles. The molecule has 146 valence electrons. The van der Waals surface area contributed by atoms with Gasteiger partial charge in [0.25, 0.3) is 0 Å². The van der Waals surface area contributed by atoms with E-state index in [-0.39, 0.29) is 29.9 Å². The number of ether oxygens (including phenoxy) is 1. The molecule has 1 aliphatic rings. The number of hydrogen-bond acceptors (Lipinski definition) is 3. The van der Waals surface area contributed by atoms with E-state index in [4.69, 9.17) is 9.73 Å². The van der Waals surface area contributed by atoms with Crippen LogP contribution in [0.2, 0.25) is 0 Å². The SMILES string of the molecule is CCNC(=NCCCc1ccc(OC)cc1)N1CCN(C(C)=O)CC1.I. The molecule has 0 radical (unpaired) electrons.